The Balaban J connectivity index is 1.73. The molecule has 1 atom stereocenters. The summed E-state index contributed by atoms with van der Waals surface area (Å²) in [6, 6.07) is 3.64. The summed E-state index contributed by atoms with van der Waals surface area (Å²) in [6.07, 6.45) is 2.94. The third-order valence-electron chi connectivity index (χ3n) is 4.99. The number of rotatable bonds is 4. The van der Waals surface area contributed by atoms with Crippen LogP contribution in [0.1, 0.15) is 23.3 Å². The fourth-order valence-electron chi connectivity index (χ4n) is 3.59. The van der Waals surface area contributed by atoms with Crippen LogP contribution in [-0.4, -0.2) is 74.4 Å². The first-order valence-corrected chi connectivity index (χ1v) is 9.40. The Kier molecular flexibility index (Phi) is 4.78. The molecule has 132 valence electrons. The summed E-state index contributed by atoms with van der Waals surface area (Å²) in [7, 11) is 2.21. The van der Waals surface area contributed by atoms with Gasteiger partial charge in [-0.2, -0.15) is 0 Å². The molecule has 2 fully saturated rings. The predicted octanol–water partition coefficient (Wildman–Crippen LogP) is 0.195. The Morgan fingerprint density at radius 1 is 1.38 bits per heavy atom. The fourth-order valence-corrected chi connectivity index (χ4v) is 5.31. The Labute approximate surface area is 144 Å². The highest BCUT2D eigenvalue weighted by Gasteiger charge is 2.53. The van der Waals surface area contributed by atoms with Crippen molar-refractivity contribution in [2.75, 3.05) is 39.1 Å². The van der Waals surface area contributed by atoms with Gasteiger partial charge in [0.2, 0.25) is 5.91 Å². The van der Waals surface area contributed by atoms with Gasteiger partial charge in [-0.3, -0.25) is 13.8 Å². The van der Waals surface area contributed by atoms with Crippen molar-refractivity contribution in [3.05, 3.63) is 24.0 Å². The molecule has 8 heteroatoms. The minimum atomic E-state index is -1.22. The van der Waals surface area contributed by atoms with Crippen molar-refractivity contribution in [2.24, 2.45) is 7.05 Å². The van der Waals surface area contributed by atoms with E-state index in [9.17, 15) is 13.8 Å². The topological polar surface area (TPSA) is 71.8 Å². The van der Waals surface area contributed by atoms with Crippen molar-refractivity contribution in [2.45, 2.75) is 17.7 Å². The van der Waals surface area contributed by atoms with E-state index in [0.717, 1.165) is 0 Å². The SMILES string of the molecule is COCCN1C(=O)CS(=O)C12CCN(C(=O)c1cccn1C)CC2. The third kappa shape index (κ3) is 2.77. The van der Waals surface area contributed by atoms with E-state index < -0.39 is 15.7 Å². The molecule has 3 heterocycles. The highest BCUT2D eigenvalue weighted by Crippen LogP contribution is 2.37. The van der Waals surface area contributed by atoms with Gasteiger partial charge in [0.1, 0.15) is 16.3 Å². The molecule has 2 amide bonds. The Hall–Kier alpha value is -1.67. The zero-order chi connectivity index (χ0) is 17.3. The number of likely N-dealkylation sites (tertiary alicyclic amines) is 1. The van der Waals surface area contributed by atoms with Crippen molar-refractivity contribution in [3.63, 3.8) is 0 Å². The molecule has 0 radical (unpaired) electrons. The van der Waals surface area contributed by atoms with E-state index >= 15 is 0 Å². The van der Waals surface area contributed by atoms with Crippen LogP contribution in [0.2, 0.25) is 0 Å². The summed E-state index contributed by atoms with van der Waals surface area (Å²) in [5.41, 5.74) is 0.644. The van der Waals surface area contributed by atoms with Gasteiger partial charge in [-0.25, -0.2) is 0 Å². The van der Waals surface area contributed by atoms with Gasteiger partial charge >= 0.3 is 0 Å². The summed E-state index contributed by atoms with van der Waals surface area (Å²) < 4.78 is 19.5. The van der Waals surface area contributed by atoms with E-state index in [1.165, 1.54) is 0 Å². The molecule has 1 aromatic rings. The van der Waals surface area contributed by atoms with E-state index in [1.807, 2.05) is 19.3 Å². The summed E-state index contributed by atoms with van der Waals surface area (Å²) in [4.78, 5) is 27.7. The molecule has 2 aliphatic rings. The van der Waals surface area contributed by atoms with E-state index in [1.54, 1.807) is 27.5 Å². The Bertz CT molecular complexity index is 664. The summed E-state index contributed by atoms with van der Waals surface area (Å²) in [5.74, 6) is -0.0151. The molecule has 1 spiro atoms. The molecule has 0 aromatic carbocycles. The zero-order valence-electron chi connectivity index (χ0n) is 14.1. The second-order valence-electron chi connectivity index (χ2n) is 6.27. The first-order valence-electron chi connectivity index (χ1n) is 8.08. The van der Waals surface area contributed by atoms with Crippen LogP contribution in [0.3, 0.4) is 0 Å². The lowest BCUT2D eigenvalue weighted by molar-refractivity contribution is -0.131. The number of hydrogen-bond donors (Lipinski definition) is 0. The maximum atomic E-state index is 12.6. The maximum absolute atomic E-state index is 12.6. The summed E-state index contributed by atoms with van der Waals surface area (Å²) >= 11 is 0. The second-order valence-corrected chi connectivity index (χ2v) is 8.01. The minimum Gasteiger partial charge on any atom is -0.383 e. The Morgan fingerprint density at radius 3 is 2.67 bits per heavy atom. The van der Waals surface area contributed by atoms with Crippen molar-refractivity contribution in [3.8, 4) is 0 Å². The molecule has 7 nitrogen and oxygen atoms in total. The van der Waals surface area contributed by atoms with Crippen LogP contribution in [0.25, 0.3) is 0 Å². The lowest BCUT2D eigenvalue weighted by Gasteiger charge is -2.43. The normalized spacial score (nSPS) is 23.2. The standard InChI is InChI=1S/C16H23N3O4S/c1-17-7-3-4-13(17)15(21)18-8-5-16(6-9-18)19(10-11-23-2)14(20)12-24(16)22/h3-4,7H,5-6,8-12H2,1-2H3. The van der Waals surface area contributed by atoms with E-state index in [4.69, 9.17) is 4.74 Å². The van der Waals surface area contributed by atoms with Gasteiger partial charge in [-0.15, -0.1) is 0 Å². The largest absolute Gasteiger partial charge is 0.383 e. The number of aromatic nitrogens is 1. The van der Waals surface area contributed by atoms with E-state index in [0.29, 0.717) is 44.8 Å². The molecule has 3 rings (SSSR count). The van der Waals surface area contributed by atoms with Crippen LogP contribution >= 0.6 is 0 Å². The van der Waals surface area contributed by atoms with Gasteiger partial charge in [0.25, 0.3) is 5.91 Å². The highest BCUT2D eigenvalue weighted by atomic mass is 32.2. The smallest absolute Gasteiger partial charge is 0.270 e. The minimum absolute atomic E-state index is 0.0177. The number of piperidine rings is 1. The van der Waals surface area contributed by atoms with Gasteiger partial charge in [0.15, 0.2) is 0 Å². The molecule has 24 heavy (non-hydrogen) atoms. The van der Waals surface area contributed by atoms with Crippen LogP contribution < -0.4 is 0 Å². The van der Waals surface area contributed by atoms with Gasteiger partial charge < -0.3 is 19.1 Å². The molecule has 2 aliphatic heterocycles. The number of hydrogen-bond acceptors (Lipinski definition) is 4. The van der Waals surface area contributed by atoms with E-state index in [-0.39, 0.29) is 17.6 Å². The number of ether oxygens (including phenoxy) is 1. The van der Waals surface area contributed by atoms with Crippen LogP contribution in [-0.2, 0) is 27.4 Å². The highest BCUT2D eigenvalue weighted by molar-refractivity contribution is 7.87. The monoisotopic (exact) mass is 353 g/mol. The summed E-state index contributed by atoms with van der Waals surface area (Å²) in [5, 5.41) is 0. The third-order valence-corrected chi connectivity index (χ3v) is 6.97. The summed E-state index contributed by atoms with van der Waals surface area (Å²) in [6.45, 7) is 1.89. The van der Waals surface area contributed by atoms with Crippen molar-refractivity contribution in [1.82, 2.24) is 14.4 Å². The van der Waals surface area contributed by atoms with Crippen LogP contribution in [0.4, 0.5) is 0 Å². The maximum Gasteiger partial charge on any atom is 0.270 e. The fraction of sp³-hybridized carbons (Fsp3) is 0.625. The molecule has 0 N–H and O–H groups in total. The second kappa shape index (κ2) is 6.68. The average Bonchev–Trinajstić information content (AvgIpc) is 3.09. The Morgan fingerprint density at radius 2 is 2.08 bits per heavy atom. The molecule has 0 aliphatic carbocycles. The lowest BCUT2D eigenvalue weighted by atomic mass is 10.0. The van der Waals surface area contributed by atoms with Crippen molar-refractivity contribution in [1.29, 1.82) is 0 Å². The first kappa shape index (κ1) is 17.2. The predicted molar refractivity (Wildman–Crippen MR) is 89.9 cm³/mol. The number of carbonyl (C=O) groups is 2. The van der Waals surface area contributed by atoms with Crippen LogP contribution in [0, 0.1) is 0 Å². The van der Waals surface area contributed by atoms with Gasteiger partial charge in [0, 0.05) is 52.8 Å². The van der Waals surface area contributed by atoms with Crippen LogP contribution in [0.5, 0.6) is 0 Å². The number of aryl methyl sites for hydroxylation is 1. The molecule has 0 bridgehead atoms. The number of amides is 2. The number of nitrogens with zero attached hydrogens (tertiary/aromatic N) is 3. The molecular weight excluding hydrogens is 330 g/mol. The van der Waals surface area contributed by atoms with Gasteiger partial charge in [0.05, 0.1) is 17.4 Å². The zero-order valence-corrected chi connectivity index (χ0v) is 14.9. The average molecular weight is 353 g/mol. The van der Waals surface area contributed by atoms with Crippen molar-refractivity contribution >= 4 is 22.6 Å². The number of methoxy groups -OCH3 is 1. The van der Waals surface area contributed by atoms with Gasteiger partial charge in [-0.1, -0.05) is 0 Å². The van der Waals surface area contributed by atoms with Crippen molar-refractivity contribution < 1.29 is 18.5 Å². The van der Waals surface area contributed by atoms with E-state index in [2.05, 4.69) is 0 Å². The molecule has 0 saturated carbocycles. The van der Waals surface area contributed by atoms with Gasteiger partial charge in [-0.05, 0) is 12.1 Å². The first-order chi connectivity index (χ1) is 11.5. The quantitative estimate of drug-likeness (QED) is 0.775. The lowest BCUT2D eigenvalue weighted by Crippen LogP contribution is -2.56. The molecule has 2 saturated heterocycles. The molecular formula is C16H23N3O4S. The molecule has 1 unspecified atom stereocenters. The number of carbonyl (C=O) groups excluding carboxylic acids is 2. The molecule has 1 aromatic heterocycles. The van der Waals surface area contributed by atoms with Crippen LogP contribution in [0.15, 0.2) is 18.3 Å².